The number of likely N-dealkylation sites (tertiary alicyclic amines) is 1. The molecule has 1 fully saturated rings. The van der Waals surface area contributed by atoms with Gasteiger partial charge < -0.3 is 5.73 Å². The smallest absolute Gasteiger partial charge is 0.288 e. The summed E-state index contributed by atoms with van der Waals surface area (Å²) in [5, 5.41) is 11.2. The van der Waals surface area contributed by atoms with Gasteiger partial charge in [-0.25, -0.2) is 0 Å². The summed E-state index contributed by atoms with van der Waals surface area (Å²) in [6.45, 7) is 2.26. The van der Waals surface area contributed by atoms with Crippen LogP contribution in [-0.4, -0.2) is 29.0 Å². The number of halogens is 2. The Morgan fingerprint density at radius 2 is 1.92 bits per heavy atom. The van der Waals surface area contributed by atoms with Crippen LogP contribution in [0.4, 0.5) is 5.69 Å². The first-order valence-corrected chi connectivity index (χ1v) is 7.88. The predicted molar refractivity (Wildman–Crippen MR) is 97.8 cm³/mol. The molecule has 0 bridgehead atoms. The summed E-state index contributed by atoms with van der Waals surface area (Å²) >= 11 is 5.86. The van der Waals surface area contributed by atoms with E-state index in [0.717, 1.165) is 18.7 Å². The molecule has 1 saturated heterocycles. The molecule has 0 spiro atoms. The van der Waals surface area contributed by atoms with E-state index in [-0.39, 0.29) is 29.2 Å². The van der Waals surface area contributed by atoms with Gasteiger partial charge in [-0.3, -0.25) is 15.0 Å². The minimum atomic E-state index is -0.450. The van der Waals surface area contributed by atoms with Crippen LogP contribution in [0.3, 0.4) is 0 Å². The van der Waals surface area contributed by atoms with Crippen LogP contribution in [0, 0.1) is 10.1 Å². The molecular formula is C17H19Cl2N3O2. The van der Waals surface area contributed by atoms with Crippen LogP contribution in [0.2, 0.25) is 5.02 Å². The number of rotatable bonds is 4. The van der Waals surface area contributed by atoms with Crippen molar-refractivity contribution in [1.82, 2.24) is 4.90 Å². The van der Waals surface area contributed by atoms with Crippen LogP contribution in [0.25, 0.3) is 0 Å². The number of nitrogens with two attached hydrogens (primary N) is 1. The molecule has 0 radical (unpaired) electrons. The molecule has 2 aromatic rings. The average Bonchev–Trinajstić information content (AvgIpc) is 2.90. The second-order valence-corrected chi connectivity index (χ2v) is 6.33. The molecule has 5 nitrogen and oxygen atoms in total. The third-order valence-electron chi connectivity index (χ3n) is 4.28. The fraction of sp³-hybridized carbons (Fsp3) is 0.294. The predicted octanol–water partition coefficient (Wildman–Crippen LogP) is 3.60. The second kappa shape index (κ2) is 7.94. The summed E-state index contributed by atoms with van der Waals surface area (Å²) in [5.74, 6) is 0.290. The molecule has 0 amide bonds. The van der Waals surface area contributed by atoms with Crippen molar-refractivity contribution < 1.29 is 4.92 Å². The Hall–Kier alpha value is -1.66. The normalized spacial score (nSPS) is 20.6. The van der Waals surface area contributed by atoms with Crippen LogP contribution in [0.15, 0.2) is 48.5 Å². The van der Waals surface area contributed by atoms with E-state index < -0.39 is 4.92 Å². The van der Waals surface area contributed by atoms with Gasteiger partial charge in [0.05, 0.1) is 4.92 Å². The molecule has 0 saturated carbocycles. The molecule has 3 rings (SSSR count). The molecular weight excluding hydrogens is 349 g/mol. The molecule has 0 unspecified atom stereocenters. The van der Waals surface area contributed by atoms with Crippen molar-refractivity contribution >= 4 is 29.7 Å². The van der Waals surface area contributed by atoms with Crippen molar-refractivity contribution in [1.29, 1.82) is 0 Å². The Bertz CT molecular complexity index is 712. The van der Waals surface area contributed by atoms with Crippen LogP contribution < -0.4 is 5.73 Å². The summed E-state index contributed by atoms with van der Waals surface area (Å²) in [4.78, 5) is 12.8. The van der Waals surface area contributed by atoms with Gasteiger partial charge in [0.1, 0.15) is 5.02 Å². The van der Waals surface area contributed by atoms with E-state index in [1.807, 2.05) is 24.3 Å². The molecule has 2 N–H and O–H groups in total. The molecule has 7 heteroatoms. The summed E-state index contributed by atoms with van der Waals surface area (Å²) in [5.41, 5.74) is 8.35. The van der Waals surface area contributed by atoms with Crippen LogP contribution in [-0.2, 0) is 6.54 Å². The van der Waals surface area contributed by atoms with Crippen molar-refractivity contribution in [3.05, 3.63) is 74.8 Å². The summed E-state index contributed by atoms with van der Waals surface area (Å²) in [7, 11) is 0. The first kappa shape index (κ1) is 18.7. The SMILES string of the molecule is Cl.N[C@@H]1CN(Cc2ccc(Cl)c([N+](=O)[O-])c2)C[C@H]1c1ccccc1. The maximum Gasteiger partial charge on any atom is 0.288 e. The van der Waals surface area contributed by atoms with Gasteiger partial charge in [0, 0.05) is 37.7 Å². The third-order valence-corrected chi connectivity index (χ3v) is 4.60. The van der Waals surface area contributed by atoms with Gasteiger partial charge in [-0.1, -0.05) is 48.0 Å². The Balaban J connectivity index is 0.00000208. The van der Waals surface area contributed by atoms with E-state index in [1.54, 1.807) is 12.1 Å². The standard InChI is InChI=1S/C17H18ClN3O2.ClH/c18-15-7-6-12(8-17(15)21(22)23)9-20-10-14(16(19)11-20)13-4-2-1-3-5-13;/h1-8,14,16H,9-11,19H2;1H/t14-,16+;/m0./s1. The van der Waals surface area contributed by atoms with Crippen molar-refractivity contribution in [3.8, 4) is 0 Å². The van der Waals surface area contributed by atoms with E-state index in [9.17, 15) is 10.1 Å². The number of benzene rings is 2. The maximum absolute atomic E-state index is 11.0. The minimum Gasteiger partial charge on any atom is -0.326 e. The molecule has 128 valence electrons. The monoisotopic (exact) mass is 367 g/mol. The molecule has 24 heavy (non-hydrogen) atoms. The lowest BCUT2D eigenvalue weighted by Crippen LogP contribution is -2.28. The van der Waals surface area contributed by atoms with Crippen LogP contribution in [0.5, 0.6) is 0 Å². The molecule has 1 heterocycles. The van der Waals surface area contributed by atoms with Gasteiger partial charge in [-0.2, -0.15) is 0 Å². The van der Waals surface area contributed by atoms with Crippen molar-refractivity contribution in [2.24, 2.45) is 5.73 Å². The summed E-state index contributed by atoms with van der Waals surface area (Å²) < 4.78 is 0. The summed E-state index contributed by atoms with van der Waals surface area (Å²) in [6, 6.07) is 15.3. The molecule has 1 aliphatic rings. The van der Waals surface area contributed by atoms with E-state index >= 15 is 0 Å². The van der Waals surface area contributed by atoms with Gasteiger partial charge in [0.15, 0.2) is 0 Å². The maximum atomic E-state index is 11.0. The fourth-order valence-corrected chi connectivity index (χ4v) is 3.34. The number of nitro groups is 1. The van der Waals surface area contributed by atoms with Gasteiger partial charge in [-0.15, -0.1) is 12.4 Å². The van der Waals surface area contributed by atoms with E-state index in [1.165, 1.54) is 5.56 Å². The number of hydrogen-bond acceptors (Lipinski definition) is 4. The van der Waals surface area contributed by atoms with Gasteiger partial charge in [0.2, 0.25) is 0 Å². The molecule has 2 aromatic carbocycles. The highest BCUT2D eigenvalue weighted by Gasteiger charge is 2.31. The highest BCUT2D eigenvalue weighted by Crippen LogP contribution is 2.29. The lowest BCUT2D eigenvalue weighted by atomic mass is 9.95. The molecule has 0 aromatic heterocycles. The molecule has 0 aliphatic carbocycles. The quantitative estimate of drug-likeness (QED) is 0.661. The van der Waals surface area contributed by atoms with Crippen molar-refractivity contribution in [3.63, 3.8) is 0 Å². The zero-order valence-electron chi connectivity index (χ0n) is 13.0. The molecule has 2 atom stereocenters. The Morgan fingerprint density at radius 3 is 2.58 bits per heavy atom. The van der Waals surface area contributed by atoms with E-state index in [2.05, 4.69) is 17.0 Å². The van der Waals surface area contributed by atoms with Gasteiger partial charge >= 0.3 is 0 Å². The Kier molecular flexibility index (Phi) is 6.18. The van der Waals surface area contributed by atoms with E-state index in [4.69, 9.17) is 17.3 Å². The van der Waals surface area contributed by atoms with Crippen LogP contribution in [0.1, 0.15) is 17.0 Å². The van der Waals surface area contributed by atoms with Crippen LogP contribution >= 0.6 is 24.0 Å². The average molecular weight is 368 g/mol. The first-order chi connectivity index (χ1) is 11.0. The second-order valence-electron chi connectivity index (χ2n) is 5.92. The minimum absolute atomic E-state index is 0. The van der Waals surface area contributed by atoms with Gasteiger partial charge in [0.25, 0.3) is 5.69 Å². The Labute approximate surface area is 152 Å². The zero-order valence-corrected chi connectivity index (χ0v) is 14.5. The highest BCUT2D eigenvalue weighted by atomic mass is 35.5. The highest BCUT2D eigenvalue weighted by molar-refractivity contribution is 6.32. The third kappa shape index (κ3) is 4.05. The Morgan fingerprint density at radius 1 is 1.21 bits per heavy atom. The van der Waals surface area contributed by atoms with E-state index in [0.29, 0.717) is 12.5 Å². The first-order valence-electron chi connectivity index (χ1n) is 7.50. The number of nitro benzene ring substituents is 1. The van der Waals surface area contributed by atoms with Gasteiger partial charge in [-0.05, 0) is 17.2 Å². The largest absolute Gasteiger partial charge is 0.326 e. The topological polar surface area (TPSA) is 72.4 Å². The number of hydrogen-bond donors (Lipinski definition) is 1. The fourth-order valence-electron chi connectivity index (χ4n) is 3.15. The zero-order chi connectivity index (χ0) is 16.4. The lowest BCUT2D eigenvalue weighted by molar-refractivity contribution is -0.384. The van der Waals surface area contributed by atoms with Crippen molar-refractivity contribution in [2.45, 2.75) is 18.5 Å². The number of nitrogens with zero attached hydrogens (tertiary/aromatic N) is 2. The lowest BCUT2D eigenvalue weighted by Gasteiger charge is -2.16. The molecule has 1 aliphatic heterocycles. The summed E-state index contributed by atoms with van der Waals surface area (Å²) in [6.07, 6.45) is 0. The van der Waals surface area contributed by atoms with Crippen molar-refractivity contribution in [2.75, 3.05) is 13.1 Å².